The lowest BCUT2D eigenvalue weighted by Crippen LogP contribution is -2.52. The highest BCUT2D eigenvalue weighted by molar-refractivity contribution is 6.39. The molecule has 6 heteroatoms. The summed E-state index contributed by atoms with van der Waals surface area (Å²) in [6, 6.07) is 27.9. The highest BCUT2D eigenvalue weighted by Crippen LogP contribution is 2.29. The summed E-state index contributed by atoms with van der Waals surface area (Å²) in [5.74, 6) is -0.649. The third-order valence-electron chi connectivity index (χ3n) is 5.75. The fourth-order valence-electron chi connectivity index (χ4n) is 4.14. The summed E-state index contributed by atoms with van der Waals surface area (Å²) in [4.78, 5) is 29.3. The topological polar surface area (TPSA) is 61.9 Å². The van der Waals surface area contributed by atoms with E-state index in [2.05, 4.69) is 34.5 Å². The van der Waals surface area contributed by atoms with Gasteiger partial charge in [-0.25, -0.2) is 0 Å². The largest absolute Gasteiger partial charge is 0.495 e. The summed E-state index contributed by atoms with van der Waals surface area (Å²) in [5, 5.41) is 2.68. The Morgan fingerprint density at radius 1 is 0.781 bits per heavy atom. The smallest absolute Gasteiger partial charge is 0.314 e. The van der Waals surface area contributed by atoms with Gasteiger partial charge in [-0.3, -0.25) is 14.5 Å². The summed E-state index contributed by atoms with van der Waals surface area (Å²) >= 11 is 0. The number of benzene rings is 3. The van der Waals surface area contributed by atoms with Crippen molar-refractivity contribution >= 4 is 17.5 Å². The van der Waals surface area contributed by atoms with Gasteiger partial charge in [-0.2, -0.15) is 0 Å². The number of carbonyl (C=O) groups is 2. The minimum atomic E-state index is -0.648. The van der Waals surface area contributed by atoms with E-state index in [0.29, 0.717) is 37.6 Å². The summed E-state index contributed by atoms with van der Waals surface area (Å²) in [5.41, 5.74) is 2.92. The van der Waals surface area contributed by atoms with Crippen molar-refractivity contribution in [1.82, 2.24) is 9.80 Å². The Morgan fingerprint density at radius 3 is 1.88 bits per heavy atom. The molecule has 3 aromatic carbocycles. The molecule has 1 N–H and O–H groups in total. The maximum absolute atomic E-state index is 12.8. The molecule has 1 aliphatic heterocycles. The van der Waals surface area contributed by atoms with E-state index < -0.39 is 11.8 Å². The number of hydrogen-bond acceptors (Lipinski definition) is 4. The van der Waals surface area contributed by atoms with Gasteiger partial charge in [0.05, 0.1) is 18.8 Å². The van der Waals surface area contributed by atoms with Crippen LogP contribution in [0.3, 0.4) is 0 Å². The Balaban J connectivity index is 1.43. The molecule has 164 valence electrons. The van der Waals surface area contributed by atoms with Gasteiger partial charge in [-0.15, -0.1) is 0 Å². The summed E-state index contributed by atoms with van der Waals surface area (Å²) in [6.45, 7) is 2.35. The third-order valence-corrected chi connectivity index (χ3v) is 5.75. The van der Waals surface area contributed by atoms with Crippen molar-refractivity contribution in [3.63, 3.8) is 0 Å². The minimum Gasteiger partial charge on any atom is -0.495 e. The van der Waals surface area contributed by atoms with E-state index in [9.17, 15) is 9.59 Å². The zero-order valence-corrected chi connectivity index (χ0v) is 18.1. The van der Waals surface area contributed by atoms with Gasteiger partial charge in [0.15, 0.2) is 0 Å². The van der Waals surface area contributed by atoms with E-state index in [0.717, 1.165) is 0 Å². The van der Waals surface area contributed by atoms with Crippen LogP contribution in [0.15, 0.2) is 84.9 Å². The molecule has 0 atom stereocenters. The van der Waals surface area contributed by atoms with Gasteiger partial charge in [0.1, 0.15) is 5.75 Å². The van der Waals surface area contributed by atoms with Crippen LogP contribution in [0.25, 0.3) is 0 Å². The first-order valence-corrected chi connectivity index (χ1v) is 10.7. The lowest BCUT2D eigenvalue weighted by atomic mass is 9.96. The van der Waals surface area contributed by atoms with Crippen LogP contribution in [0.2, 0.25) is 0 Å². The van der Waals surface area contributed by atoms with Crippen molar-refractivity contribution in [2.24, 2.45) is 0 Å². The molecule has 32 heavy (non-hydrogen) atoms. The molecule has 3 aromatic rings. The summed E-state index contributed by atoms with van der Waals surface area (Å²) in [7, 11) is 1.53. The first-order chi connectivity index (χ1) is 15.7. The number of nitrogens with one attached hydrogen (secondary N) is 1. The van der Waals surface area contributed by atoms with E-state index in [4.69, 9.17) is 4.74 Å². The van der Waals surface area contributed by atoms with Gasteiger partial charge in [-0.05, 0) is 23.3 Å². The molecule has 0 unspecified atom stereocenters. The van der Waals surface area contributed by atoms with E-state index in [1.165, 1.54) is 18.2 Å². The van der Waals surface area contributed by atoms with Gasteiger partial charge >= 0.3 is 11.8 Å². The SMILES string of the molecule is COc1ccccc1NC(=O)C(=O)N1CCN(C(c2ccccc2)c2ccccc2)CC1. The highest BCUT2D eigenvalue weighted by atomic mass is 16.5. The number of piperazine rings is 1. The average Bonchev–Trinajstić information content (AvgIpc) is 2.86. The normalized spacial score (nSPS) is 14.2. The Labute approximate surface area is 188 Å². The number of nitrogens with zero attached hydrogens (tertiary/aromatic N) is 2. The van der Waals surface area contributed by atoms with Crippen LogP contribution in [-0.4, -0.2) is 54.9 Å². The van der Waals surface area contributed by atoms with Crippen LogP contribution in [0.5, 0.6) is 5.75 Å². The predicted molar refractivity (Wildman–Crippen MR) is 125 cm³/mol. The summed E-state index contributed by atoms with van der Waals surface area (Å²) < 4.78 is 5.25. The van der Waals surface area contributed by atoms with Crippen molar-refractivity contribution in [3.8, 4) is 5.75 Å². The molecule has 0 aromatic heterocycles. The number of methoxy groups -OCH3 is 1. The molecule has 6 nitrogen and oxygen atoms in total. The Bertz CT molecular complexity index is 1010. The molecule has 1 fully saturated rings. The average molecular weight is 430 g/mol. The van der Waals surface area contributed by atoms with Crippen LogP contribution in [0.4, 0.5) is 5.69 Å². The molecule has 1 aliphatic rings. The zero-order chi connectivity index (χ0) is 22.3. The molecule has 0 bridgehead atoms. The molecule has 0 spiro atoms. The second-order valence-corrected chi connectivity index (χ2v) is 7.71. The maximum atomic E-state index is 12.8. The van der Waals surface area contributed by atoms with Crippen molar-refractivity contribution in [1.29, 1.82) is 0 Å². The van der Waals surface area contributed by atoms with Crippen molar-refractivity contribution in [3.05, 3.63) is 96.1 Å². The molecular weight excluding hydrogens is 402 g/mol. The number of para-hydroxylation sites is 2. The van der Waals surface area contributed by atoms with E-state index in [1.54, 1.807) is 23.1 Å². The molecule has 2 amide bonds. The van der Waals surface area contributed by atoms with Gasteiger partial charge in [-0.1, -0.05) is 72.8 Å². The molecule has 0 radical (unpaired) electrons. The molecular formula is C26H27N3O3. The first-order valence-electron chi connectivity index (χ1n) is 10.7. The predicted octanol–water partition coefficient (Wildman–Crippen LogP) is 3.57. The van der Waals surface area contributed by atoms with Gasteiger partial charge in [0.25, 0.3) is 0 Å². The van der Waals surface area contributed by atoms with E-state index >= 15 is 0 Å². The molecule has 0 saturated carbocycles. The van der Waals surface area contributed by atoms with Crippen LogP contribution in [0, 0.1) is 0 Å². The van der Waals surface area contributed by atoms with Gasteiger partial charge in [0.2, 0.25) is 0 Å². The van der Waals surface area contributed by atoms with Crippen LogP contribution in [-0.2, 0) is 9.59 Å². The molecule has 0 aliphatic carbocycles. The number of anilines is 1. The van der Waals surface area contributed by atoms with Crippen molar-refractivity contribution < 1.29 is 14.3 Å². The second kappa shape index (κ2) is 10.1. The Morgan fingerprint density at radius 2 is 1.31 bits per heavy atom. The number of rotatable bonds is 5. The molecule has 1 saturated heterocycles. The monoisotopic (exact) mass is 429 g/mol. The fraction of sp³-hybridized carbons (Fsp3) is 0.231. The summed E-state index contributed by atoms with van der Waals surface area (Å²) in [6.07, 6.45) is 0. The second-order valence-electron chi connectivity index (χ2n) is 7.71. The lowest BCUT2D eigenvalue weighted by Gasteiger charge is -2.39. The quantitative estimate of drug-likeness (QED) is 0.630. The number of carbonyl (C=O) groups excluding carboxylic acids is 2. The lowest BCUT2D eigenvalue weighted by molar-refractivity contribution is -0.144. The van der Waals surface area contributed by atoms with E-state index in [1.807, 2.05) is 42.5 Å². The van der Waals surface area contributed by atoms with Crippen LogP contribution < -0.4 is 10.1 Å². The minimum absolute atomic E-state index is 0.108. The van der Waals surface area contributed by atoms with E-state index in [-0.39, 0.29) is 6.04 Å². The van der Waals surface area contributed by atoms with Crippen LogP contribution in [0.1, 0.15) is 17.2 Å². The highest BCUT2D eigenvalue weighted by Gasteiger charge is 2.30. The number of hydrogen-bond donors (Lipinski definition) is 1. The maximum Gasteiger partial charge on any atom is 0.314 e. The van der Waals surface area contributed by atoms with Crippen molar-refractivity contribution in [2.45, 2.75) is 6.04 Å². The van der Waals surface area contributed by atoms with Gasteiger partial charge in [0, 0.05) is 26.2 Å². The fourth-order valence-corrected chi connectivity index (χ4v) is 4.14. The van der Waals surface area contributed by atoms with Crippen LogP contribution >= 0.6 is 0 Å². The molecule has 1 heterocycles. The first kappa shape index (κ1) is 21.6. The third kappa shape index (κ3) is 4.81. The number of ether oxygens (including phenoxy) is 1. The Hall–Kier alpha value is -3.64. The number of amides is 2. The zero-order valence-electron chi connectivity index (χ0n) is 18.1. The standard InChI is InChI=1S/C26H27N3O3/c1-32-23-15-9-8-14-22(23)27-25(30)26(31)29-18-16-28(17-19-29)24(20-10-4-2-5-11-20)21-12-6-3-7-13-21/h2-15,24H,16-19H2,1H3,(H,27,30). The molecule has 4 rings (SSSR count). The van der Waals surface area contributed by atoms with Crippen molar-refractivity contribution in [2.75, 3.05) is 38.6 Å². The Kier molecular flexibility index (Phi) is 6.82. The van der Waals surface area contributed by atoms with Gasteiger partial charge < -0.3 is 15.0 Å².